The summed E-state index contributed by atoms with van der Waals surface area (Å²) < 4.78 is 0. The lowest BCUT2D eigenvalue weighted by molar-refractivity contribution is -0.139. The monoisotopic (exact) mass is 253 g/mol. The van der Waals surface area contributed by atoms with Gasteiger partial charge in [-0.25, -0.2) is 0 Å². The fourth-order valence-corrected chi connectivity index (χ4v) is 3.28. The summed E-state index contributed by atoms with van der Waals surface area (Å²) in [4.78, 5) is 13.2. The Kier molecular flexibility index (Phi) is 4.66. The third-order valence-electron chi connectivity index (χ3n) is 4.73. The standard InChI is InChI=1S/C15H27NO2/c1-11(2)13-5-7-14(8-6-13)16(10-15(17)18)9-12-3-4-12/h11-14H,3-10H2,1-2H3,(H,17,18). The SMILES string of the molecule is CC(C)C1CCC(N(CC(=O)O)CC2CC2)CC1. The van der Waals surface area contributed by atoms with E-state index in [1.165, 1.54) is 38.5 Å². The van der Waals surface area contributed by atoms with Gasteiger partial charge < -0.3 is 5.11 Å². The van der Waals surface area contributed by atoms with Crippen molar-refractivity contribution in [2.75, 3.05) is 13.1 Å². The number of carbonyl (C=O) groups is 1. The van der Waals surface area contributed by atoms with E-state index in [1.54, 1.807) is 0 Å². The minimum absolute atomic E-state index is 0.244. The van der Waals surface area contributed by atoms with Gasteiger partial charge in [0.1, 0.15) is 0 Å². The zero-order valence-corrected chi connectivity index (χ0v) is 11.8. The zero-order valence-electron chi connectivity index (χ0n) is 11.8. The van der Waals surface area contributed by atoms with E-state index in [9.17, 15) is 4.79 Å². The van der Waals surface area contributed by atoms with Crippen LogP contribution < -0.4 is 0 Å². The minimum Gasteiger partial charge on any atom is -0.480 e. The molecule has 0 heterocycles. The van der Waals surface area contributed by atoms with Crippen molar-refractivity contribution < 1.29 is 9.90 Å². The summed E-state index contributed by atoms with van der Waals surface area (Å²) in [6, 6.07) is 0.525. The van der Waals surface area contributed by atoms with Crippen LogP contribution in [0.25, 0.3) is 0 Å². The van der Waals surface area contributed by atoms with Gasteiger partial charge in [0.05, 0.1) is 6.54 Å². The van der Waals surface area contributed by atoms with Crippen LogP contribution >= 0.6 is 0 Å². The highest BCUT2D eigenvalue weighted by atomic mass is 16.4. The maximum Gasteiger partial charge on any atom is 0.317 e. The molecule has 0 atom stereocenters. The van der Waals surface area contributed by atoms with Gasteiger partial charge in [-0.15, -0.1) is 0 Å². The van der Waals surface area contributed by atoms with Crippen LogP contribution in [0.15, 0.2) is 0 Å². The van der Waals surface area contributed by atoms with Gasteiger partial charge in [-0.3, -0.25) is 9.69 Å². The molecule has 3 heteroatoms. The summed E-state index contributed by atoms with van der Waals surface area (Å²) in [5, 5.41) is 9.05. The third kappa shape index (κ3) is 3.98. The Morgan fingerprint density at radius 3 is 2.22 bits per heavy atom. The molecule has 0 spiro atoms. The van der Waals surface area contributed by atoms with Crippen molar-refractivity contribution in [3.05, 3.63) is 0 Å². The average Bonchev–Trinajstić information content (AvgIpc) is 3.12. The van der Waals surface area contributed by atoms with E-state index in [0.717, 1.165) is 24.3 Å². The molecule has 0 aliphatic heterocycles. The van der Waals surface area contributed by atoms with Crippen LogP contribution in [-0.4, -0.2) is 35.1 Å². The summed E-state index contributed by atoms with van der Waals surface area (Å²) in [5.41, 5.74) is 0. The summed E-state index contributed by atoms with van der Waals surface area (Å²) in [7, 11) is 0. The van der Waals surface area contributed by atoms with Gasteiger partial charge in [0, 0.05) is 12.6 Å². The highest BCUT2D eigenvalue weighted by Gasteiger charge is 2.32. The van der Waals surface area contributed by atoms with E-state index < -0.39 is 5.97 Å². The fraction of sp³-hybridized carbons (Fsp3) is 0.933. The Labute approximate surface area is 111 Å². The first-order valence-electron chi connectivity index (χ1n) is 7.52. The van der Waals surface area contributed by atoms with E-state index in [0.29, 0.717) is 6.04 Å². The average molecular weight is 253 g/mol. The van der Waals surface area contributed by atoms with E-state index in [-0.39, 0.29) is 6.54 Å². The molecule has 2 saturated carbocycles. The molecular formula is C15H27NO2. The molecule has 0 bridgehead atoms. The van der Waals surface area contributed by atoms with Crippen molar-refractivity contribution in [1.82, 2.24) is 4.90 Å². The van der Waals surface area contributed by atoms with E-state index >= 15 is 0 Å². The first-order chi connectivity index (χ1) is 8.56. The number of rotatable bonds is 6. The molecule has 0 saturated heterocycles. The summed E-state index contributed by atoms with van der Waals surface area (Å²) in [6.07, 6.45) is 7.56. The second kappa shape index (κ2) is 6.05. The van der Waals surface area contributed by atoms with Gasteiger partial charge in [-0.2, -0.15) is 0 Å². The second-order valence-electron chi connectivity index (χ2n) is 6.58. The molecule has 0 aromatic carbocycles. The van der Waals surface area contributed by atoms with Gasteiger partial charge in [0.25, 0.3) is 0 Å². The van der Waals surface area contributed by atoms with Crippen LogP contribution in [-0.2, 0) is 4.79 Å². The minimum atomic E-state index is -0.665. The van der Waals surface area contributed by atoms with Crippen LogP contribution in [0.2, 0.25) is 0 Å². The van der Waals surface area contributed by atoms with Gasteiger partial charge in [0.15, 0.2) is 0 Å². The molecule has 104 valence electrons. The molecule has 0 unspecified atom stereocenters. The van der Waals surface area contributed by atoms with E-state index in [4.69, 9.17) is 5.11 Å². The van der Waals surface area contributed by atoms with Gasteiger partial charge in [0.2, 0.25) is 0 Å². The topological polar surface area (TPSA) is 40.5 Å². The predicted molar refractivity (Wildman–Crippen MR) is 72.5 cm³/mol. The Bertz CT molecular complexity index is 278. The van der Waals surface area contributed by atoms with Gasteiger partial charge >= 0.3 is 5.97 Å². The molecule has 2 aliphatic rings. The van der Waals surface area contributed by atoms with Crippen LogP contribution in [0.4, 0.5) is 0 Å². The molecule has 0 amide bonds. The Morgan fingerprint density at radius 1 is 1.17 bits per heavy atom. The van der Waals surface area contributed by atoms with Gasteiger partial charge in [-0.1, -0.05) is 13.8 Å². The largest absolute Gasteiger partial charge is 0.480 e. The molecular weight excluding hydrogens is 226 g/mol. The summed E-state index contributed by atoms with van der Waals surface area (Å²) in [5.74, 6) is 1.75. The van der Waals surface area contributed by atoms with Crippen molar-refractivity contribution in [2.24, 2.45) is 17.8 Å². The number of nitrogens with zero attached hydrogens (tertiary/aromatic N) is 1. The van der Waals surface area contributed by atoms with Crippen LogP contribution in [0.5, 0.6) is 0 Å². The third-order valence-corrected chi connectivity index (χ3v) is 4.73. The Morgan fingerprint density at radius 2 is 1.78 bits per heavy atom. The number of hydrogen-bond acceptors (Lipinski definition) is 2. The number of aliphatic carboxylic acids is 1. The quantitative estimate of drug-likeness (QED) is 0.791. The lowest BCUT2D eigenvalue weighted by atomic mass is 9.79. The highest BCUT2D eigenvalue weighted by Crippen LogP contribution is 2.35. The zero-order chi connectivity index (χ0) is 13.1. The molecule has 3 nitrogen and oxygen atoms in total. The van der Waals surface area contributed by atoms with Crippen molar-refractivity contribution in [3.63, 3.8) is 0 Å². The van der Waals surface area contributed by atoms with Crippen LogP contribution in [0, 0.1) is 17.8 Å². The predicted octanol–water partition coefficient (Wildman–Crippen LogP) is 3.00. The van der Waals surface area contributed by atoms with Crippen molar-refractivity contribution in [3.8, 4) is 0 Å². The molecule has 18 heavy (non-hydrogen) atoms. The van der Waals surface area contributed by atoms with Crippen molar-refractivity contribution in [2.45, 2.75) is 58.4 Å². The Balaban J connectivity index is 1.84. The first kappa shape index (κ1) is 13.9. The summed E-state index contributed by atoms with van der Waals surface area (Å²) >= 11 is 0. The van der Waals surface area contributed by atoms with Crippen LogP contribution in [0.3, 0.4) is 0 Å². The van der Waals surface area contributed by atoms with Crippen LogP contribution in [0.1, 0.15) is 52.4 Å². The normalized spacial score (nSPS) is 28.9. The van der Waals surface area contributed by atoms with E-state index in [1.807, 2.05) is 0 Å². The lowest BCUT2D eigenvalue weighted by Gasteiger charge is -2.37. The van der Waals surface area contributed by atoms with Crippen molar-refractivity contribution in [1.29, 1.82) is 0 Å². The molecule has 1 N–H and O–H groups in total. The highest BCUT2D eigenvalue weighted by molar-refractivity contribution is 5.69. The molecule has 2 fully saturated rings. The maximum atomic E-state index is 11.0. The second-order valence-corrected chi connectivity index (χ2v) is 6.58. The van der Waals surface area contributed by atoms with Gasteiger partial charge in [-0.05, 0) is 56.3 Å². The molecule has 2 rings (SSSR count). The molecule has 0 aromatic rings. The number of carboxylic acids is 1. The first-order valence-corrected chi connectivity index (χ1v) is 7.52. The Hall–Kier alpha value is -0.570. The number of hydrogen-bond donors (Lipinski definition) is 1. The maximum absolute atomic E-state index is 11.0. The smallest absolute Gasteiger partial charge is 0.317 e. The van der Waals surface area contributed by atoms with Crippen molar-refractivity contribution >= 4 is 5.97 Å². The molecule has 2 aliphatic carbocycles. The fourth-order valence-electron chi connectivity index (χ4n) is 3.28. The van der Waals surface area contributed by atoms with E-state index in [2.05, 4.69) is 18.7 Å². The lowest BCUT2D eigenvalue weighted by Crippen LogP contribution is -2.42. The molecule has 0 aromatic heterocycles. The summed E-state index contributed by atoms with van der Waals surface area (Å²) in [6.45, 7) is 5.88. The molecule has 0 radical (unpaired) electrons. The number of carboxylic acid groups (broad SMARTS) is 1.